The van der Waals surface area contributed by atoms with Gasteiger partial charge in [0, 0.05) is 0 Å². The highest BCUT2D eigenvalue weighted by Crippen LogP contribution is 2.26. The zero-order valence-electron chi connectivity index (χ0n) is 5.35. The van der Waals surface area contributed by atoms with Crippen LogP contribution in [0.15, 0.2) is 27.2 Å². The van der Waals surface area contributed by atoms with Crippen LogP contribution in [0.2, 0.25) is 0 Å². The van der Waals surface area contributed by atoms with Gasteiger partial charge in [0.05, 0.1) is 5.29 Å². The topological polar surface area (TPSA) is 80.2 Å². The van der Waals surface area contributed by atoms with Crippen molar-refractivity contribution in [3.63, 3.8) is 0 Å². The van der Waals surface area contributed by atoms with Crippen molar-refractivity contribution in [2.75, 3.05) is 0 Å². The Bertz CT molecular complexity index is 351. The second kappa shape index (κ2) is 2.07. The maximum Gasteiger partial charge on any atom is 0.253 e. The number of allylic oxidation sites excluding steroid dienone is 1. The SMILES string of the molecule is NC(=O)C1=PC2=NN=NC2=C1. The largest absolute Gasteiger partial charge is 0.365 e. The minimum atomic E-state index is -0.425. The first-order valence-corrected chi connectivity index (χ1v) is 3.76. The van der Waals surface area contributed by atoms with Gasteiger partial charge in [-0.3, -0.25) is 4.79 Å². The van der Waals surface area contributed by atoms with E-state index in [0.717, 1.165) is 0 Å². The average Bonchev–Trinajstić information content (AvgIpc) is 2.40. The molecule has 2 heterocycles. The number of nitrogens with zero attached hydrogens (tertiary/aromatic N) is 3. The molecule has 0 fully saturated rings. The fraction of sp³-hybridized carbons (Fsp3) is 0. The van der Waals surface area contributed by atoms with Gasteiger partial charge >= 0.3 is 0 Å². The Balaban J connectivity index is 2.41. The molecule has 0 spiro atoms. The fourth-order valence-electron chi connectivity index (χ4n) is 0.784. The molecule has 11 heavy (non-hydrogen) atoms. The molecule has 1 amide bonds. The first-order valence-electron chi connectivity index (χ1n) is 2.86. The minimum Gasteiger partial charge on any atom is -0.365 e. The van der Waals surface area contributed by atoms with Crippen LogP contribution in [0.25, 0.3) is 0 Å². The zero-order chi connectivity index (χ0) is 7.84. The number of hydrogen-bond donors (Lipinski definition) is 1. The Morgan fingerprint density at radius 3 is 3.09 bits per heavy atom. The van der Waals surface area contributed by atoms with Crippen LogP contribution in [-0.2, 0) is 4.79 Å². The molecule has 5 nitrogen and oxygen atoms in total. The molecule has 0 aromatic heterocycles. The lowest BCUT2D eigenvalue weighted by molar-refractivity contribution is -0.111. The maximum absolute atomic E-state index is 10.6. The molecule has 0 saturated heterocycles. The minimum absolute atomic E-state index is 0.425. The molecule has 54 valence electrons. The highest BCUT2D eigenvalue weighted by molar-refractivity contribution is 7.63. The molecule has 0 aromatic rings. The number of primary amides is 1. The van der Waals surface area contributed by atoms with Crippen molar-refractivity contribution in [1.82, 2.24) is 0 Å². The second-order valence-corrected chi connectivity index (χ2v) is 3.13. The van der Waals surface area contributed by atoms with Crippen LogP contribution in [0.5, 0.6) is 0 Å². The number of carbonyl (C=O) groups excluding carboxylic acids is 1. The summed E-state index contributed by atoms with van der Waals surface area (Å²) in [5.74, 6) is -0.425. The maximum atomic E-state index is 10.6. The van der Waals surface area contributed by atoms with Crippen molar-refractivity contribution in [2.24, 2.45) is 21.2 Å². The third kappa shape index (κ3) is 0.897. The molecule has 2 rings (SSSR count). The molecule has 2 aliphatic heterocycles. The van der Waals surface area contributed by atoms with Gasteiger partial charge in [-0.15, -0.1) is 10.2 Å². The number of carbonyl (C=O) groups is 1. The summed E-state index contributed by atoms with van der Waals surface area (Å²) in [6.07, 6.45) is 1.61. The quantitative estimate of drug-likeness (QED) is 0.557. The third-order valence-electron chi connectivity index (χ3n) is 1.27. The van der Waals surface area contributed by atoms with Crippen molar-refractivity contribution in [1.29, 1.82) is 0 Å². The van der Waals surface area contributed by atoms with Crippen LogP contribution in [0.4, 0.5) is 0 Å². The van der Waals surface area contributed by atoms with Gasteiger partial charge in [-0.05, 0) is 19.5 Å². The van der Waals surface area contributed by atoms with E-state index in [-0.39, 0.29) is 0 Å². The van der Waals surface area contributed by atoms with Gasteiger partial charge in [-0.2, -0.15) is 0 Å². The van der Waals surface area contributed by atoms with E-state index in [2.05, 4.69) is 15.4 Å². The van der Waals surface area contributed by atoms with Crippen molar-refractivity contribution < 1.29 is 4.79 Å². The highest BCUT2D eigenvalue weighted by Gasteiger charge is 2.20. The van der Waals surface area contributed by atoms with Gasteiger partial charge < -0.3 is 5.73 Å². The highest BCUT2D eigenvalue weighted by atomic mass is 31.1. The van der Waals surface area contributed by atoms with Crippen LogP contribution in [-0.4, -0.2) is 16.7 Å². The summed E-state index contributed by atoms with van der Waals surface area (Å²) < 4.78 is 0. The summed E-state index contributed by atoms with van der Waals surface area (Å²) >= 11 is 0. The van der Waals surface area contributed by atoms with Gasteiger partial charge in [0.15, 0.2) is 0 Å². The molecule has 6 heteroatoms. The fourth-order valence-corrected chi connectivity index (χ4v) is 1.62. The average molecular weight is 166 g/mol. The van der Waals surface area contributed by atoms with E-state index in [0.29, 0.717) is 24.6 Å². The van der Waals surface area contributed by atoms with Gasteiger partial charge in [0.1, 0.15) is 11.1 Å². The van der Waals surface area contributed by atoms with Crippen LogP contribution in [0.1, 0.15) is 0 Å². The Kier molecular flexibility index (Phi) is 1.20. The predicted octanol–water partition coefficient (Wildman–Crippen LogP) is 0.267. The Labute approximate surface area is 63.5 Å². The third-order valence-corrected chi connectivity index (χ3v) is 2.39. The van der Waals surface area contributed by atoms with Gasteiger partial charge in [0.2, 0.25) is 0 Å². The van der Waals surface area contributed by atoms with E-state index in [9.17, 15) is 4.79 Å². The molecule has 0 radical (unpaired) electrons. The van der Waals surface area contributed by atoms with E-state index < -0.39 is 5.91 Å². The lowest BCUT2D eigenvalue weighted by Gasteiger charge is -1.84. The van der Waals surface area contributed by atoms with Gasteiger partial charge in [0.25, 0.3) is 5.91 Å². The van der Waals surface area contributed by atoms with Crippen LogP contribution >= 0.6 is 8.20 Å². The smallest absolute Gasteiger partial charge is 0.253 e. The molecule has 0 atom stereocenters. The molecule has 0 bridgehead atoms. The van der Waals surface area contributed by atoms with Crippen LogP contribution in [0.3, 0.4) is 0 Å². The van der Waals surface area contributed by atoms with Crippen molar-refractivity contribution in [3.8, 4) is 0 Å². The monoisotopic (exact) mass is 166 g/mol. The summed E-state index contributed by atoms with van der Waals surface area (Å²) in [5, 5.41) is 11.3. The van der Waals surface area contributed by atoms with Crippen LogP contribution in [0, 0.1) is 0 Å². The summed E-state index contributed by atoms with van der Waals surface area (Å²) in [4.78, 5) is 10.6. The predicted molar refractivity (Wildman–Crippen MR) is 41.5 cm³/mol. The zero-order valence-corrected chi connectivity index (χ0v) is 6.25. The van der Waals surface area contributed by atoms with E-state index in [1.165, 1.54) is 0 Å². The molecule has 2 aliphatic rings. The Hall–Kier alpha value is -1.35. The van der Waals surface area contributed by atoms with Gasteiger partial charge in [-0.1, -0.05) is 0 Å². The first kappa shape index (κ1) is 6.37. The molecule has 0 saturated carbocycles. The molecule has 0 unspecified atom stereocenters. The van der Waals surface area contributed by atoms with Crippen molar-refractivity contribution in [2.45, 2.75) is 0 Å². The van der Waals surface area contributed by atoms with E-state index in [1.807, 2.05) is 0 Å². The number of nitrogens with two attached hydrogens (primary N) is 1. The van der Waals surface area contributed by atoms with Crippen molar-refractivity contribution in [3.05, 3.63) is 11.8 Å². The number of amides is 1. The van der Waals surface area contributed by atoms with E-state index in [1.54, 1.807) is 6.08 Å². The van der Waals surface area contributed by atoms with Gasteiger partial charge in [-0.25, -0.2) is 0 Å². The van der Waals surface area contributed by atoms with E-state index in [4.69, 9.17) is 5.73 Å². The lowest BCUT2D eigenvalue weighted by Crippen LogP contribution is -2.18. The number of rotatable bonds is 1. The summed E-state index contributed by atoms with van der Waals surface area (Å²) in [7, 11) is 0.714. The summed E-state index contributed by atoms with van der Waals surface area (Å²) in [6, 6.07) is 0. The Morgan fingerprint density at radius 1 is 1.64 bits per heavy atom. The standard InChI is InChI=1S/C5H3N4OP/c6-4(10)3-1-2-5(11-3)8-9-7-2/h1H,(H2,6,10). The molecular formula is C5H3N4OP. The van der Waals surface area contributed by atoms with Crippen molar-refractivity contribution >= 4 is 24.9 Å². The molecular weight excluding hydrogens is 163 g/mol. The van der Waals surface area contributed by atoms with Crippen LogP contribution < -0.4 is 5.73 Å². The molecule has 0 aromatic carbocycles. The summed E-state index contributed by atoms with van der Waals surface area (Å²) in [5.41, 5.74) is 6.41. The number of hydrogen-bond acceptors (Lipinski definition) is 4. The number of fused-ring (bicyclic) bond motifs is 1. The second-order valence-electron chi connectivity index (χ2n) is 2.00. The summed E-state index contributed by atoms with van der Waals surface area (Å²) in [6.45, 7) is 0. The lowest BCUT2D eigenvalue weighted by atomic mass is 10.3. The Morgan fingerprint density at radius 2 is 2.45 bits per heavy atom. The normalized spacial score (nSPS) is 20.5. The molecule has 0 aliphatic carbocycles. The van der Waals surface area contributed by atoms with E-state index >= 15 is 0 Å². The molecule has 2 N–H and O–H groups in total. The first-order chi connectivity index (χ1) is 5.27.